The van der Waals surface area contributed by atoms with Gasteiger partial charge in [-0.1, -0.05) is 43.8 Å². The van der Waals surface area contributed by atoms with Crippen molar-refractivity contribution in [3.05, 3.63) is 48.0 Å². The second-order valence-electron chi connectivity index (χ2n) is 4.70. The Kier molecular flexibility index (Phi) is 4.38. The van der Waals surface area contributed by atoms with Crippen LogP contribution in [0.5, 0.6) is 5.75 Å². The first-order chi connectivity index (χ1) is 9.11. The molecule has 0 bridgehead atoms. The Morgan fingerprint density at radius 1 is 1.05 bits per heavy atom. The third-order valence-corrected chi connectivity index (χ3v) is 4.10. The highest BCUT2D eigenvalue weighted by atomic mass is 32.2. The summed E-state index contributed by atoms with van der Waals surface area (Å²) in [6, 6.07) is 14.5. The highest BCUT2D eigenvalue weighted by Crippen LogP contribution is 2.37. The molecule has 2 aromatic carbocycles. The molecule has 0 fully saturated rings. The molecule has 0 aliphatic heterocycles. The minimum atomic E-state index is 0.556. The lowest BCUT2D eigenvalue weighted by atomic mass is 10.0. The van der Waals surface area contributed by atoms with Gasteiger partial charge in [0.1, 0.15) is 5.75 Å². The number of ether oxygens (including phenoxy) is 1. The van der Waals surface area contributed by atoms with Crippen molar-refractivity contribution in [2.75, 3.05) is 12.8 Å². The molecule has 0 atom stereocenters. The topological polar surface area (TPSA) is 35.2 Å². The first kappa shape index (κ1) is 13.8. The van der Waals surface area contributed by atoms with E-state index < -0.39 is 0 Å². The number of hydrogen-bond acceptors (Lipinski definition) is 3. The van der Waals surface area contributed by atoms with Crippen LogP contribution in [-0.2, 0) is 0 Å². The zero-order valence-corrected chi connectivity index (χ0v) is 12.3. The number of hydrogen-bond donors (Lipinski definition) is 1. The Morgan fingerprint density at radius 3 is 2.32 bits per heavy atom. The van der Waals surface area contributed by atoms with E-state index in [-0.39, 0.29) is 0 Å². The second kappa shape index (κ2) is 6.02. The van der Waals surface area contributed by atoms with Gasteiger partial charge in [-0.15, -0.1) is 0 Å². The van der Waals surface area contributed by atoms with E-state index in [1.807, 2.05) is 18.2 Å². The number of para-hydroxylation sites is 1. The summed E-state index contributed by atoms with van der Waals surface area (Å²) in [5.41, 5.74) is 8.12. The van der Waals surface area contributed by atoms with E-state index in [9.17, 15) is 0 Å². The van der Waals surface area contributed by atoms with Crippen LogP contribution in [0.4, 0.5) is 5.69 Å². The third kappa shape index (κ3) is 3.24. The van der Waals surface area contributed by atoms with Crippen molar-refractivity contribution < 1.29 is 4.74 Å². The molecule has 0 radical (unpaired) electrons. The monoisotopic (exact) mass is 273 g/mol. The summed E-state index contributed by atoms with van der Waals surface area (Å²) in [4.78, 5) is 2.21. The number of nitrogens with two attached hydrogens (primary N) is 1. The molecule has 0 unspecified atom stereocenters. The summed E-state index contributed by atoms with van der Waals surface area (Å²) < 4.78 is 5.24. The van der Waals surface area contributed by atoms with Gasteiger partial charge in [-0.2, -0.15) is 0 Å². The predicted molar refractivity (Wildman–Crippen MR) is 82.1 cm³/mol. The van der Waals surface area contributed by atoms with Crippen molar-refractivity contribution in [3.63, 3.8) is 0 Å². The number of anilines is 1. The van der Waals surface area contributed by atoms with E-state index in [2.05, 4.69) is 38.1 Å². The van der Waals surface area contributed by atoms with E-state index in [4.69, 9.17) is 10.5 Å². The van der Waals surface area contributed by atoms with Gasteiger partial charge in [-0.3, -0.25) is 0 Å². The van der Waals surface area contributed by atoms with Crippen LogP contribution in [-0.4, -0.2) is 7.11 Å². The first-order valence-electron chi connectivity index (χ1n) is 6.32. The zero-order valence-electron chi connectivity index (χ0n) is 11.5. The molecular weight excluding hydrogens is 254 g/mol. The quantitative estimate of drug-likeness (QED) is 0.830. The van der Waals surface area contributed by atoms with E-state index in [0.717, 1.165) is 10.6 Å². The molecule has 0 saturated carbocycles. The summed E-state index contributed by atoms with van der Waals surface area (Å²) in [7, 11) is 1.64. The van der Waals surface area contributed by atoms with Crippen molar-refractivity contribution in [1.29, 1.82) is 0 Å². The number of benzene rings is 2. The predicted octanol–water partition coefficient (Wildman–Crippen LogP) is 4.55. The average molecular weight is 273 g/mol. The summed E-state index contributed by atoms with van der Waals surface area (Å²) in [6.45, 7) is 4.39. The van der Waals surface area contributed by atoms with Gasteiger partial charge in [0.05, 0.1) is 12.8 Å². The molecule has 0 amide bonds. The van der Waals surface area contributed by atoms with E-state index >= 15 is 0 Å². The molecule has 2 rings (SSSR count). The SMILES string of the molecule is COc1cccc(Sc2ccc(C(C)C)cc2)c1N. The molecule has 0 saturated heterocycles. The molecule has 2 nitrogen and oxygen atoms in total. The largest absolute Gasteiger partial charge is 0.495 e. The van der Waals surface area contributed by atoms with Gasteiger partial charge in [-0.25, -0.2) is 0 Å². The molecular formula is C16H19NOS. The summed E-state index contributed by atoms with van der Waals surface area (Å²) in [6.07, 6.45) is 0. The second-order valence-corrected chi connectivity index (χ2v) is 5.81. The fraction of sp³-hybridized carbons (Fsp3) is 0.250. The first-order valence-corrected chi connectivity index (χ1v) is 7.13. The molecule has 2 aromatic rings. The lowest BCUT2D eigenvalue weighted by Gasteiger charge is -2.10. The fourth-order valence-electron chi connectivity index (χ4n) is 1.84. The molecule has 100 valence electrons. The summed E-state index contributed by atoms with van der Waals surface area (Å²) in [5, 5.41) is 0. The smallest absolute Gasteiger partial charge is 0.142 e. The fourth-order valence-corrected chi connectivity index (χ4v) is 2.72. The van der Waals surface area contributed by atoms with Crippen molar-refractivity contribution in [3.8, 4) is 5.75 Å². The highest BCUT2D eigenvalue weighted by Gasteiger charge is 2.07. The van der Waals surface area contributed by atoms with Crippen LogP contribution in [0.1, 0.15) is 25.3 Å². The minimum Gasteiger partial charge on any atom is -0.495 e. The Morgan fingerprint density at radius 2 is 1.74 bits per heavy atom. The normalized spacial score (nSPS) is 10.7. The third-order valence-electron chi connectivity index (χ3n) is 3.02. The molecule has 0 heterocycles. The standard InChI is InChI=1S/C16H19NOS/c1-11(2)12-7-9-13(10-8-12)19-15-6-4-5-14(18-3)16(15)17/h4-11H,17H2,1-3H3. The molecule has 2 N–H and O–H groups in total. The molecule has 0 aromatic heterocycles. The van der Waals surface area contributed by atoms with Crippen LogP contribution in [0.25, 0.3) is 0 Å². The lowest BCUT2D eigenvalue weighted by molar-refractivity contribution is 0.416. The molecule has 19 heavy (non-hydrogen) atoms. The van der Waals surface area contributed by atoms with Crippen LogP contribution in [0.2, 0.25) is 0 Å². The van der Waals surface area contributed by atoms with Gasteiger partial charge < -0.3 is 10.5 Å². The maximum atomic E-state index is 6.07. The Labute approximate surface area is 119 Å². The van der Waals surface area contributed by atoms with Gasteiger partial charge in [0, 0.05) is 9.79 Å². The number of nitrogen functional groups attached to an aromatic ring is 1. The Balaban J connectivity index is 2.21. The van der Waals surface area contributed by atoms with Gasteiger partial charge in [-0.05, 0) is 35.7 Å². The zero-order chi connectivity index (χ0) is 13.8. The molecule has 0 spiro atoms. The maximum absolute atomic E-state index is 6.07. The van der Waals surface area contributed by atoms with E-state index in [1.165, 1.54) is 10.5 Å². The van der Waals surface area contributed by atoms with Gasteiger partial charge in [0.25, 0.3) is 0 Å². The van der Waals surface area contributed by atoms with Crippen LogP contribution in [0, 0.1) is 0 Å². The van der Waals surface area contributed by atoms with Crippen LogP contribution in [0.3, 0.4) is 0 Å². The van der Waals surface area contributed by atoms with E-state index in [1.54, 1.807) is 18.9 Å². The number of rotatable bonds is 4. The molecule has 0 aliphatic carbocycles. The van der Waals surface area contributed by atoms with E-state index in [0.29, 0.717) is 11.6 Å². The van der Waals surface area contributed by atoms with Gasteiger partial charge >= 0.3 is 0 Å². The number of methoxy groups -OCH3 is 1. The van der Waals surface area contributed by atoms with Crippen molar-refractivity contribution in [2.45, 2.75) is 29.6 Å². The van der Waals surface area contributed by atoms with Crippen LogP contribution in [0.15, 0.2) is 52.3 Å². The van der Waals surface area contributed by atoms with Crippen molar-refractivity contribution >= 4 is 17.4 Å². The van der Waals surface area contributed by atoms with Gasteiger partial charge in [0.2, 0.25) is 0 Å². The molecule has 0 aliphatic rings. The minimum absolute atomic E-state index is 0.556. The summed E-state index contributed by atoms with van der Waals surface area (Å²) in [5.74, 6) is 1.28. The van der Waals surface area contributed by atoms with Crippen molar-refractivity contribution in [1.82, 2.24) is 0 Å². The molecule has 3 heteroatoms. The lowest BCUT2D eigenvalue weighted by Crippen LogP contribution is -1.94. The van der Waals surface area contributed by atoms with Crippen LogP contribution >= 0.6 is 11.8 Å². The average Bonchev–Trinajstić information content (AvgIpc) is 2.42. The van der Waals surface area contributed by atoms with Crippen molar-refractivity contribution in [2.24, 2.45) is 0 Å². The highest BCUT2D eigenvalue weighted by molar-refractivity contribution is 7.99. The maximum Gasteiger partial charge on any atom is 0.142 e. The Hall–Kier alpha value is -1.61. The van der Waals surface area contributed by atoms with Gasteiger partial charge in [0.15, 0.2) is 0 Å². The Bertz CT molecular complexity index is 549. The summed E-state index contributed by atoms with van der Waals surface area (Å²) >= 11 is 1.66. The van der Waals surface area contributed by atoms with Crippen LogP contribution < -0.4 is 10.5 Å².